The van der Waals surface area contributed by atoms with E-state index in [1.807, 2.05) is 0 Å². The lowest BCUT2D eigenvalue weighted by Gasteiger charge is -2.13. The van der Waals surface area contributed by atoms with Crippen molar-refractivity contribution in [1.29, 1.82) is 0 Å². The Hall–Kier alpha value is -0.460. The smallest absolute Gasteiger partial charge is 0.0169 e. The van der Waals surface area contributed by atoms with Gasteiger partial charge in [0.05, 0.1) is 0 Å². The number of hydrogen-bond acceptors (Lipinski definition) is 1. The van der Waals surface area contributed by atoms with E-state index in [0.29, 0.717) is 0 Å². The van der Waals surface area contributed by atoms with E-state index in [9.17, 15) is 0 Å². The van der Waals surface area contributed by atoms with Crippen molar-refractivity contribution in [2.24, 2.45) is 5.92 Å². The lowest BCUT2D eigenvalue weighted by Crippen LogP contribution is -2.19. The Balaban J connectivity index is 3.65. The number of rotatable bonds is 6. The van der Waals surface area contributed by atoms with Crippen LogP contribution in [0.1, 0.15) is 47.0 Å². The van der Waals surface area contributed by atoms with Gasteiger partial charge in [-0.25, -0.2) is 0 Å². The molecule has 0 aromatic rings. The van der Waals surface area contributed by atoms with Crippen LogP contribution in [-0.2, 0) is 0 Å². The van der Waals surface area contributed by atoms with E-state index < -0.39 is 0 Å². The van der Waals surface area contributed by atoms with Crippen LogP contribution in [0.4, 0.5) is 0 Å². The van der Waals surface area contributed by atoms with Crippen LogP contribution in [0.15, 0.2) is 11.8 Å². The molecular formula is C11H23N. The summed E-state index contributed by atoms with van der Waals surface area (Å²) < 4.78 is 0. The second kappa shape index (κ2) is 7.20. The molecule has 1 N–H and O–H groups in total. The highest BCUT2D eigenvalue weighted by Crippen LogP contribution is 2.02. The summed E-state index contributed by atoms with van der Waals surface area (Å²) in [5, 5.41) is 3.48. The van der Waals surface area contributed by atoms with Gasteiger partial charge in [-0.2, -0.15) is 0 Å². The topological polar surface area (TPSA) is 12.0 Å². The quantitative estimate of drug-likeness (QED) is 0.643. The summed E-state index contributed by atoms with van der Waals surface area (Å²) in [6.45, 7) is 10.0. The average molecular weight is 169 g/mol. The van der Waals surface area contributed by atoms with Gasteiger partial charge in [0.15, 0.2) is 0 Å². The Morgan fingerprint density at radius 1 is 1.33 bits per heavy atom. The number of hydrogen-bond donors (Lipinski definition) is 1. The molecule has 1 atom stereocenters. The first-order valence-electron chi connectivity index (χ1n) is 5.17. The van der Waals surface area contributed by atoms with E-state index in [1.54, 1.807) is 0 Å². The predicted molar refractivity (Wildman–Crippen MR) is 56.1 cm³/mol. The minimum atomic E-state index is 0.789. The normalized spacial score (nSPS) is 14.5. The van der Waals surface area contributed by atoms with E-state index in [0.717, 1.165) is 25.3 Å². The molecule has 1 heteroatoms. The van der Waals surface area contributed by atoms with Crippen LogP contribution in [0.25, 0.3) is 0 Å². The lowest BCUT2D eigenvalue weighted by molar-refractivity contribution is 0.524. The van der Waals surface area contributed by atoms with Crippen molar-refractivity contribution in [3.63, 3.8) is 0 Å². The third-order valence-corrected chi connectivity index (χ3v) is 2.21. The second-order valence-electron chi connectivity index (χ2n) is 3.39. The largest absolute Gasteiger partial charge is 0.388 e. The summed E-state index contributed by atoms with van der Waals surface area (Å²) in [6.07, 6.45) is 5.81. The van der Waals surface area contributed by atoms with Crippen molar-refractivity contribution in [2.45, 2.75) is 47.0 Å². The van der Waals surface area contributed by atoms with E-state index in [-0.39, 0.29) is 0 Å². The average Bonchev–Trinajstić information content (AvgIpc) is 2.11. The molecule has 0 heterocycles. The van der Waals surface area contributed by atoms with Gasteiger partial charge in [-0.15, -0.1) is 0 Å². The molecule has 0 aliphatic rings. The first-order valence-corrected chi connectivity index (χ1v) is 5.17. The second-order valence-corrected chi connectivity index (χ2v) is 3.39. The van der Waals surface area contributed by atoms with Crippen LogP contribution in [0.2, 0.25) is 0 Å². The first kappa shape index (κ1) is 11.5. The molecule has 0 rings (SSSR count). The van der Waals surface area contributed by atoms with Crippen molar-refractivity contribution in [3.05, 3.63) is 11.8 Å². The van der Waals surface area contributed by atoms with Crippen molar-refractivity contribution >= 4 is 0 Å². The molecule has 72 valence electrons. The van der Waals surface area contributed by atoms with Crippen LogP contribution in [-0.4, -0.2) is 6.54 Å². The highest BCUT2D eigenvalue weighted by atomic mass is 14.9. The third kappa shape index (κ3) is 5.22. The Morgan fingerprint density at radius 2 is 2.00 bits per heavy atom. The Labute approximate surface area is 77.2 Å². The van der Waals surface area contributed by atoms with Crippen LogP contribution >= 0.6 is 0 Å². The maximum absolute atomic E-state index is 3.48. The zero-order valence-corrected chi connectivity index (χ0v) is 8.98. The zero-order chi connectivity index (χ0) is 9.40. The Morgan fingerprint density at radius 3 is 2.42 bits per heavy atom. The fraction of sp³-hybridized carbons (Fsp3) is 0.818. The molecule has 1 unspecified atom stereocenters. The molecule has 0 fully saturated rings. The van der Waals surface area contributed by atoms with Crippen molar-refractivity contribution in [3.8, 4) is 0 Å². The molecule has 0 amide bonds. The predicted octanol–water partition coefficient (Wildman–Crippen LogP) is 3.33. The van der Waals surface area contributed by atoms with Gasteiger partial charge in [0, 0.05) is 12.2 Å². The molecule has 0 aromatic carbocycles. The summed E-state index contributed by atoms with van der Waals surface area (Å²) in [5.74, 6) is 0.789. The summed E-state index contributed by atoms with van der Waals surface area (Å²) in [5.41, 5.74) is 1.40. The maximum Gasteiger partial charge on any atom is 0.0169 e. The van der Waals surface area contributed by atoms with Gasteiger partial charge in [0.2, 0.25) is 0 Å². The molecule has 0 aliphatic carbocycles. The molecule has 0 aliphatic heterocycles. The van der Waals surface area contributed by atoms with Crippen LogP contribution in [0.5, 0.6) is 0 Å². The molecule has 0 saturated heterocycles. The molecule has 0 spiro atoms. The minimum absolute atomic E-state index is 0.789. The van der Waals surface area contributed by atoms with Gasteiger partial charge in [-0.3, -0.25) is 0 Å². The fourth-order valence-corrected chi connectivity index (χ4v) is 1.04. The summed E-state index contributed by atoms with van der Waals surface area (Å²) in [6, 6.07) is 0. The molecule has 1 nitrogen and oxygen atoms in total. The van der Waals surface area contributed by atoms with Gasteiger partial charge in [0.25, 0.3) is 0 Å². The minimum Gasteiger partial charge on any atom is -0.388 e. The third-order valence-electron chi connectivity index (χ3n) is 2.21. The molecular weight excluding hydrogens is 146 g/mol. The SMILES string of the molecule is CC/C=C(\CC)NCC(C)CC. The summed E-state index contributed by atoms with van der Waals surface area (Å²) in [7, 11) is 0. The van der Waals surface area contributed by atoms with Gasteiger partial charge < -0.3 is 5.32 Å². The standard InChI is InChI=1S/C11H23N/c1-5-8-11(7-3)12-9-10(4)6-2/h8,10,12H,5-7,9H2,1-4H3/b11-8+. The number of allylic oxidation sites excluding steroid dienone is 2. The van der Waals surface area contributed by atoms with Crippen LogP contribution in [0.3, 0.4) is 0 Å². The van der Waals surface area contributed by atoms with Crippen molar-refractivity contribution in [1.82, 2.24) is 5.32 Å². The van der Waals surface area contributed by atoms with Gasteiger partial charge >= 0.3 is 0 Å². The molecule has 0 aromatic heterocycles. The van der Waals surface area contributed by atoms with Gasteiger partial charge in [-0.05, 0) is 18.8 Å². The Kier molecular flexibility index (Phi) is 6.93. The molecule has 12 heavy (non-hydrogen) atoms. The lowest BCUT2D eigenvalue weighted by atomic mass is 10.1. The zero-order valence-electron chi connectivity index (χ0n) is 8.98. The van der Waals surface area contributed by atoms with E-state index >= 15 is 0 Å². The van der Waals surface area contributed by atoms with Gasteiger partial charge in [-0.1, -0.05) is 40.2 Å². The van der Waals surface area contributed by atoms with Crippen molar-refractivity contribution in [2.75, 3.05) is 6.54 Å². The molecule has 0 bridgehead atoms. The van der Waals surface area contributed by atoms with E-state index in [2.05, 4.69) is 39.1 Å². The molecule has 0 saturated carbocycles. The fourth-order valence-electron chi connectivity index (χ4n) is 1.04. The monoisotopic (exact) mass is 169 g/mol. The van der Waals surface area contributed by atoms with Gasteiger partial charge in [0.1, 0.15) is 0 Å². The summed E-state index contributed by atoms with van der Waals surface area (Å²) >= 11 is 0. The van der Waals surface area contributed by atoms with E-state index in [1.165, 1.54) is 12.1 Å². The van der Waals surface area contributed by atoms with Crippen LogP contribution < -0.4 is 5.32 Å². The molecule has 0 radical (unpaired) electrons. The van der Waals surface area contributed by atoms with Crippen molar-refractivity contribution < 1.29 is 0 Å². The first-order chi connectivity index (χ1) is 5.74. The number of nitrogens with one attached hydrogen (secondary N) is 1. The Bertz CT molecular complexity index is 127. The highest BCUT2D eigenvalue weighted by Gasteiger charge is 1.98. The highest BCUT2D eigenvalue weighted by molar-refractivity contribution is 4.97. The van der Waals surface area contributed by atoms with E-state index in [4.69, 9.17) is 0 Å². The summed E-state index contributed by atoms with van der Waals surface area (Å²) in [4.78, 5) is 0. The maximum atomic E-state index is 3.48. The van der Waals surface area contributed by atoms with Crippen LogP contribution in [0, 0.1) is 5.92 Å².